The van der Waals surface area contributed by atoms with E-state index >= 15 is 0 Å². The van der Waals surface area contributed by atoms with Crippen LogP contribution in [0.5, 0.6) is 5.75 Å². The van der Waals surface area contributed by atoms with E-state index in [0.29, 0.717) is 15.1 Å². The SMILES string of the molecule is CCCCNC(=S)NN=Cc1cc(Br)cc(Br)c1O. The van der Waals surface area contributed by atoms with Crippen molar-refractivity contribution in [1.29, 1.82) is 0 Å². The summed E-state index contributed by atoms with van der Waals surface area (Å²) < 4.78 is 1.45. The maximum Gasteiger partial charge on any atom is 0.186 e. The smallest absolute Gasteiger partial charge is 0.186 e. The fraction of sp³-hybridized carbons (Fsp3) is 0.333. The monoisotopic (exact) mass is 407 g/mol. The summed E-state index contributed by atoms with van der Waals surface area (Å²) >= 11 is 11.7. The van der Waals surface area contributed by atoms with Crippen LogP contribution in [0.1, 0.15) is 25.3 Å². The lowest BCUT2D eigenvalue weighted by molar-refractivity contribution is 0.471. The number of nitrogens with one attached hydrogen (secondary N) is 2. The van der Waals surface area contributed by atoms with Gasteiger partial charge >= 0.3 is 0 Å². The Hall–Kier alpha value is -0.660. The Morgan fingerprint density at radius 1 is 1.47 bits per heavy atom. The van der Waals surface area contributed by atoms with Crippen molar-refractivity contribution in [3.8, 4) is 5.75 Å². The summed E-state index contributed by atoms with van der Waals surface area (Å²) in [6, 6.07) is 3.52. The van der Waals surface area contributed by atoms with Gasteiger partial charge in [0.1, 0.15) is 5.75 Å². The number of halogens is 2. The van der Waals surface area contributed by atoms with Crippen LogP contribution >= 0.6 is 44.1 Å². The zero-order valence-electron chi connectivity index (χ0n) is 10.4. The zero-order valence-corrected chi connectivity index (χ0v) is 14.4. The van der Waals surface area contributed by atoms with Gasteiger partial charge < -0.3 is 10.4 Å². The number of phenolic OH excluding ortho intramolecular Hbond substituents is 1. The van der Waals surface area contributed by atoms with E-state index in [-0.39, 0.29) is 5.75 Å². The molecule has 0 saturated heterocycles. The molecular weight excluding hydrogens is 394 g/mol. The second-order valence-electron chi connectivity index (χ2n) is 3.80. The fourth-order valence-corrected chi connectivity index (χ4v) is 2.68. The molecule has 4 nitrogen and oxygen atoms in total. The van der Waals surface area contributed by atoms with Gasteiger partial charge in [-0.15, -0.1) is 0 Å². The molecule has 0 radical (unpaired) electrons. The molecule has 0 aliphatic carbocycles. The minimum absolute atomic E-state index is 0.138. The van der Waals surface area contributed by atoms with Crippen molar-refractivity contribution in [3.05, 3.63) is 26.6 Å². The molecule has 0 saturated carbocycles. The van der Waals surface area contributed by atoms with Crippen LogP contribution in [0.2, 0.25) is 0 Å². The summed E-state index contributed by atoms with van der Waals surface area (Å²) in [4.78, 5) is 0. The van der Waals surface area contributed by atoms with E-state index in [2.05, 4.69) is 54.6 Å². The second kappa shape index (κ2) is 8.50. The van der Waals surface area contributed by atoms with Crippen molar-refractivity contribution >= 4 is 55.4 Å². The average molecular weight is 409 g/mol. The van der Waals surface area contributed by atoms with Crippen LogP contribution in [0.15, 0.2) is 26.2 Å². The molecular formula is C12H15Br2N3OS. The molecule has 0 atom stereocenters. The molecule has 3 N–H and O–H groups in total. The molecule has 0 unspecified atom stereocenters. The van der Waals surface area contributed by atoms with E-state index in [9.17, 15) is 5.11 Å². The summed E-state index contributed by atoms with van der Waals surface area (Å²) in [6.07, 6.45) is 3.68. The number of rotatable bonds is 5. The molecule has 0 aliphatic heterocycles. The van der Waals surface area contributed by atoms with Crippen molar-refractivity contribution in [1.82, 2.24) is 10.7 Å². The van der Waals surface area contributed by atoms with E-state index in [4.69, 9.17) is 12.2 Å². The first kappa shape index (κ1) is 16.4. The summed E-state index contributed by atoms with van der Waals surface area (Å²) in [5, 5.41) is 17.3. The highest BCUT2D eigenvalue weighted by Crippen LogP contribution is 2.30. The molecule has 1 rings (SSSR count). The Morgan fingerprint density at radius 2 is 2.21 bits per heavy atom. The van der Waals surface area contributed by atoms with Gasteiger partial charge in [-0.1, -0.05) is 29.3 Å². The Balaban J connectivity index is 2.55. The molecule has 104 valence electrons. The summed E-state index contributed by atoms with van der Waals surface area (Å²) in [5.41, 5.74) is 3.29. The largest absolute Gasteiger partial charge is 0.506 e. The molecule has 7 heteroatoms. The third-order valence-electron chi connectivity index (χ3n) is 2.24. The number of unbranched alkanes of at least 4 members (excludes halogenated alkanes) is 1. The van der Waals surface area contributed by atoms with E-state index in [1.807, 2.05) is 0 Å². The first-order valence-corrected chi connectivity index (χ1v) is 7.79. The number of hydrogen-bond acceptors (Lipinski definition) is 3. The Morgan fingerprint density at radius 3 is 2.89 bits per heavy atom. The van der Waals surface area contributed by atoms with Gasteiger partial charge in [0.05, 0.1) is 10.7 Å². The van der Waals surface area contributed by atoms with Gasteiger partial charge in [-0.3, -0.25) is 5.43 Å². The first-order chi connectivity index (χ1) is 9.04. The number of hydrazone groups is 1. The molecule has 0 amide bonds. The predicted octanol–water partition coefficient (Wildman–Crippen LogP) is 3.52. The third-order valence-corrected chi connectivity index (χ3v) is 3.54. The number of nitrogens with zero attached hydrogens (tertiary/aromatic N) is 1. The molecule has 0 fully saturated rings. The van der Waals surface area contributed by atoms with Crippen LogP contribution in [0, 0.1) is 0 Å². The summed E-state index contributed by atoms with van der Waals surface area (Å²) in [7, 11) is 0. The van der Waals surface area contributed by atoms with Crippen molar-refractivity contribution in [3.63, 3.8) is 0 Å². The van der Waals surface area contributed by atoms with Crippen LogP contribution in [0.3, 0.4) is 0 Å². The first-order valence-electron chi connectivity index (χ1n) is 5.79. The minimum atomic E-state index is 0.138. The lowest BCUT2D eigenvalue weighted by atomic mass is 10.2. The van der Waals surface area contributed by atoms with E-state index in [1.54, 1.807) is 12.1 Å². The molecule has 19 heavy (non-hydrogen) atoms. The Kier molecular flexibility index (Phi) is 7.33. The summed E-state index contributed by atoms with van der Waals surface area (Å²) in [5.74, 6) is 0.138. The van der Waals surface area contributed by atoms with Crippen LogP contribution in [-0.2, 0) is 0 Å². The van der Waals surface area contributed by atoms with E-state index in [0.717, 1.165) is 23.9 Å². The normalized spacial score (nSPS) is 10.7. The van der Waals surface area contributed by atoms with Crippen molar-refractivity contribution in [2.75, 3.05) is 6.54 Å². The Labute approximate surface area is 134 Å². The number of aromatic hydroxyl groups is 1. The van der Waals surface area contributed by atoms with Crippen molar-refractivity contribution < 1.29 is 5.11 Å². The second-order valence-corrected chi connectivity index (χ2v) is 5.98. The number of hydrogen-bond donors (Lipinski definition) is 3. The van der Waals surface area contributed by atoms with Gasteiger partial charge in [0.25, 0.3) is 0 Å². The third kappa shape index (κ3) is 5.88. The average Bonchev–Trinajstić information content (AvgIpc) is 2.35. The molecule has 0 spiro atoms. The van der Waals surface area contributed by atoms with Crippen molar-refractivity contribution in [2.45, 2.75) is 19.8 Å². The van der Waals surface area contributed by atoms with Gasteiger partial charge in [-0.05, 0) is 46.7 Å². The van der Waals surface area contributed by atoms with E-state index < -0.39 is 0 Å². The number of benzene rings is 1. The van der Waals surface area contributed by atoms with Gasteiger partial charge in [0, 0.05) is 16.6 Å². The topological polar surface area (TPSA) is 56.7 Å². The molecule has 0 aliphatic rings. The Bertz CT molecular complexity index is 480. The standard InChI is InChI=1S/C12H15Br2N3OS/c1-2-3-4-15-12(19)17-16-7-8-5-9(13)6-10(14)11(8)18/h5-7,18H,2-4H2,1H3,(H2,15,17,19). The molecule has 0 heterocycles. The van der Waals surface area contributed by atoms with Gasteiger partial charge in [0.2, 0.25) is 0 Å². The highest BCUT2D eigenvalue weighted by molar-refractivity contribution is 9.11. The number of phenols is 1. The quantitative estimate of drug-likeness (QED) is 0.302. The molecule has 0 bridgehead atoms. The molecule has 1 aromatic carbocycles. The molecule has 0 aromatic heterocycles. The fourth-order valence-electron chi connectivity index (χ4n) is 1.26. The maximum atomic E-state index is 9.83. The van der Waals surface area contributed by atoms with Crippen LogP contribution in [0.4, 0.5) is 0 Å². The lowest BCUT2D eigenvalue weighted by Crippen LogP contribution is -2.32. The highest BCUT2D eigenvalue weighted by Gasteiger charge is 2.05. The zero-order chi connectivity index (χ0) is 14.3. The summed E-state index contributed by atoms with van der Waals surface area (Å²) in [6.45, 7) is 2.94. The van der Waals surface area contributed by atoms with Crippen LogP contribution < -0.4 is 10.7 Å². The maximum absolute atomic E-state index is 9.83. The lowest BCUT2D eigenvalue weighted by Gasteiger charge is -2.06. The predicted molar refractivity (Wildman–Crippen MR) is 89.7 cm³/mol. The minimum Gasteiger partial charge on any atom is -0.506 e. The van der Waals surface area contributed by atoms with Crippen LogP contribution in [-0.4, -0.2) is 23.0 Å². The number of thiocarbonyl (C=S) groups is 1. The van der Waals surface area contributed by atoms with Crippen LogP contribution in [0.25, 0.3) is 0 Å². The van der Waals surface area contributed by atoms with Crippen molar-refractivity contribution in [2.24, 2.45) is 5.10 Å². The highest BCUT2D eigenvalue weighted by atomic mass is 79.9. The van der Waals surface area contributed by atoms with E-state index in [1.165, 1.54) is 6.21 Å². The van der Waals surface area contributed by atoms with Gasteiger partial charge in [-0.25, -0.2) is 0 Å². The van der Waals surface area contributed by atoms with Gasteiger partial charge in [0.15, 0.2) is 5.11 Å². The van der Waals surface area contributed by atoms with Gasteiger partial charge in [-0.2, -0.15) is 5.10 Å². The molecule has 1 aromatic rings.